The summed E-state index contributed by atoms with van der Waals surface area (Å²) in [7, 11) is -1.05. The third-order valence-electron chi connectivity index (χ3n) is 10.8. The number of ketones is 1. The molecule has 0 saturated carbocycles. The summed E-state index contributed by atoms with van der Waals surface area (Å²) in [6, 6.07) is 28.7. The number of aliphatic hydroxyl groups is 1. The summed E-state index contributed by atoms with van der Waals surface area (Å²) >= 11 is 5.92. The number of hydrogen-bond acceptors (Lipinski definition) is 6. The maximum absolute atomic E-state index is 12.9. The minimum absolute atomic E-state index is 0.0414. The molecule has 0 unspecified atom stereocenters. The van der Waals surface area contributed by atoms with E-state index in [9.17, 15) is 22.7 Å². The van der Waals surface area contributed by atoms with E-state index in [0.29, 0.717) is 47.2 Å². The van der Waals surface area contributed by atoms with Gasteiger partial charge in [0, 0.05) is 53.2 Å². The molecule has 1 atom stereocenters. The van der Waals surface area contributed by atoms with E-state index in [1.165, 1.54) is 54.6 Å². The predicted octanol–water partition coefficient (Wildman–Crippen LogP) is 8.25. The Kier molecular flexibility index (Phi) is 12.8. The third kappa shape index (κ3) is 10.2. The van der Waals surface area contributed by atoms with E-state index in [4.69, 9.17) is 11.6 Å². The fourth-order valence-corrected chi connectivity index (χ4v) is 8.92. The Labute approximate surface area is 317 Å². The summed E-state index contributed by atoms with van der Waals surface area (Å²) in [5, 5.41) is 12.8. The molecule has 0 spiro atoms. The van der Waals surface area contributed by atoms with Gasteiger partial charge in [-0.3, -0.25) is 4.79 Å². The van der Waals surface area contributed by atoms with Gasteiger partial charge in [-0.15, -0.1) is 0 Å². The van der Waals surface area contributed by atoms with Crippen molar-refractivity contribution in [3.63, 3.8) is 0 Å². The van der Waals surface area contributed by atoms with Crippen LogP contribution in [0.3, 0.4) is 0 Å². The highest BCUT2D eigenvalue weighted by molar-refractivity contribution is 7.91. The minimum atomic E-state index is -3.25. The van der Waals surface area contributed by atoms with Gasteiger partial charge in [-0.05, 0) is 142 Å². The summed E-state index contributed by atoms with van der Waals surface area (Å²) in [5.74, 6) is -0.157. The van der Waals surface area contributed by atoms with Gasteiger partial charge in [0.15, 0.2) is 15.6 Å². The van der Waals surface area contributed by atoms with Crippen LogP contribution in [0.25, 0.3) is 10.9 Å². The molecule has 7 nitrogen and oxygen atoms in total. The fourth-order valence-electron chi connectivity index (χ4n) is 7.48. The van der Waals surface area contributed by atoms with Crippen molar-refractivity contribution >= 4 is 38.1 Å². The molecule has 2 saturated heterocycles. The molecule has 280 valence electrons. The second-order valence-corrected chi connectivity index (χ2v) is 17.0. The highest BCUT2D eigenvalue weighted by Gasteiger charge is 2.33. The number of hydrogen-bond donors (Lipinski definition) is 2. The first-order chi connectivity index (χ1) is 25.5. The summed E-state index contributed by atoms with van der Waals surface area (Å²) in [6.45, 7) is 3.59. The number of aromatic amines is 1. The molecule has 3 heterocycles. The molecule has 7 rings (SSSR count). The van der Waals surface area contributed by atoms with E-state index in [0.717, 1.165) is 49.1 Å². The average molecular weight is 758 g/mol. The van der Waals surface area contributed by atoms with Crippen LogP contribution >= 0.6 is 11.6 Å². The van der Waals surface area contributed by atoms with E-state index >= 15 is 0 Å². The number of nitrogens with one attached hydrogen (secondary N) is 1. The number of likely N-dealkylation sites (N-methyl/N-ethyl adjacent to an activating group) is 1. The Balaban J connectivity index is 0.000000182. The topological polar surface area (TPSA) is 93.7 Å². The standard InChI is InChI=1S/C22H26N2O2S.C21H23ClFNO2/c1-24-12-5-6-19(24)15-18-16-23-22-10-9-17(14-21(18)22)11-13-27(25,26)20-7-3-2-4-8-20;22-18-7-5-17(6-8-18)21(26)11-14-24(15-12-21)13-1-2-20(25)16-3-9-19(23)10-4-16/h2-4,7-10,14,16,19,23H,5-6,11-13,15H2,1H3;3-10,26H,1-2,11-15H2/t19-;/m1./s1. The van der Waals surface area contributed by atoms with Crippen molar-refractivity contribution in [3.05, 3.63) is 136 Å². The Morgan fingerprint density at radius 1 is 0.962 bits per heavy atom. The quantitative estimate of drug-likeness (QED) is 0.125. The van der Waals surface area contributed by atoms with Gasteiger partial charge in [0.25, 0.3) is 0 Å². The van der Waals surface area contributed by atoms with Gasteiger partial charge >= 0.3 is 0 Å². The molecule has 0 bridgehead atoms. The van der Waals surface area contributed by atoms with Crippen LogP contribution in [0.15, 0.2) is 108 Å². The van der Waals surface area contributed by atoms with Gasteiger partial charge in [-0.25, -0.2) is 12.8 Å². The number of fused-ring (bicyclic) bond motifs is 1. The van der Waals surface area contributed by atoms with Crippen molar-refractivity contribution in [1.29, 1.82) is 0 Å². The average Bonchev–Trinajstić information content (AvgIpc) is 3.77. The highest BCUT2D eigenvalue weighted by Crippen LogP contribution is 2.33. The fraction of sp³-hybridized carbons (Fsp3) is 0.372. The zero-order chi connectivity index (χ0) is 37.4. The largest absolute Gasteiger partial charge is 0.385 e. The number of sulfone groups is 1. The molecular weight excluding hydrogens is 709 g/mol. The number of nitrogens with zero attached hydrogens (tertiary/aromatic N) is 2. The number of Topliss-reactive ketones (excluding diaryl/α,β-unsaturated/α-hetero) is 1. The Morgan fingerprint density at radius 2 is 1.68 bits per heavy atom. The van der Waals surface area contributed by atoms with Crippen LogP contribution in [0.1, 0.15) is 65.6 Å². The Hall–Kier alpha value is -3.86. The van der Waals surface area contributed by atoms with E-state index < -0.39 is 15.4 Å². The first kappa shape index (κ1) is 38.9. The zero-order valence-electron chi connectivity index (χ0n) is 30.3. The van der Waals surface area contributed by atoms with Gasteiger partial charge in [0.05, 0.1) is 16.2 Å². The van der Waals surface area contributed by atoms with Crippen LogP contribution in [0.4, 0.5) is 4.39 Å². The van der Waals surface area contributed by atoms with E-state index in [1.54, 1.807) is 24.3 Å². The second kappa shape index (κ2) is 17.5. The lowest BCUT2D eigenvalue weighted by Crippen LogP contribution is -2.42. The van der Waals surface area contributed by atoms with Gasteiger partial charge in [0.2, 0.25) is 0 Å². The van der Waals surface area contributed by atoms with Crippen molar-refractivity contribution < 1.29 is 22.7 Å². The van der Waals surface area contributed by atoms with Crippen LogP contribution in [-0.4, -0.2) is 79.1 Å². The number of aryl methyl sites for hydroxylation is 1. The molecule has 5 aromatic rings. The van der Waals surface area contributed by atoms with E-state index in [-0.39, 0.29) is 17.4 Å². The number of benzene rings is 4. The molecule has 2 aliphatic rings. The number of carbonyl (C=O) groups is 1. The van der Waals surface area contributed by atoms with Crippen LogP contribution in [0.2, 0.25) is 5.02 Å². The molecule has 4 aromatic carbocycles. The molecule has 2 N–H and O–H groups in total. The molecule has 0 amide bonds. The number of piperidine rings is 1. The monoisotopic (exact) mass is 757 g/mol. The maximum Gasteiger partial charge on any atom is 0.178 e. The molecule has 1 aromatic heterocycles. The van der Waals surface area contributed by atoms with Gasteiger partial charge < -0.3 is 19.9 Å². The summed E-state index contributed by atoms with van der Waals surface area (Å²) in [4.78, 5) is 20.6. The van der Waals surface area contributed by atoms with Crippen LogP contribution in [0.5, 0.6) is 0 Å². The van der Waals surface area contributed by atoms with Crippen molar-refractivity contribution in [2.45, 2.75) is 67.9 Å². The lowest BCUT2D eigenvalue weighted by molar-refractivity contribution is -0.0260. The lowest BCUT2D eigenvalue weighted by Gasteiger charge is -2.38. The predicted molar refractivity (Wildman–Crippen MR) is 211 cm³/mol. The SMILES string of the molecule is CN1CCC[C@@H]1Cc1c[nH]c2ccc(CCS(=O)(=O)c3ccccc3)cc12.O=C(CCCN1CCC(O)(c2ccc(Cl)cc2)CC1)c1ccc(F)cc1. The lowest BCUT2D eigenvalue weighted by atomic mass is 9.84. The van der Waals surface area contributed by atoms with Crippen molar-refractivity contribution in [1.82, 2.24) is 14.8 Å². The van der Waals surface area contributed by atoms with Gasteiger partial charge in [0.1, 0.15) is 5.82 Å². The first-order valence-electron chi connectivity index (χ1n) is 18.6. The highest BCUT2D eigenvalue weighted by atomic mass is 35.5. The molecular formula is C43H49ClFN3O4S. The third-order valence-corrected chi connectivity index (χ3v) is 12.8. The van der Waals surface area contributed by atoms with Crippen molar-refractivity contribution in [2.75, 3.05) is 39.0 Å². The summed E-state index contributed by atoms with van der Waals surface area (Å²) < 4.78 is 38.0. The smallest absolute Gasteiger partial charge is 0.178 e. The molecule has 0 radical (unpaired) electrons. The molecule has 0 aliphatic carbocycles. The molecule has 2 aliphatic heterocycles. The second-order valence-electron chi connectivity index (χ2n) is 14.5. The normalized spacial score (nSPS) is 17.8. The van der Waals surface area contributed by atoms with Crippen molar-refractivity contribution in [3.8, 4) is 0 Å². The number of halogens is 2. The van der Waals surface area contributed by atoms with Gasteiger partial charge in [-0.2, -0.15) is 0 Å². The molecule has 10 heteroatoms. The molecule has 53 heavy (non-hydrogen) atoms. The maximum atomic E-state index is 12.9. The van der Waals surface area contributed by atoms with Crippen LogP contribution < -0.4 is 0 Å². The summed E-state index contributed by atoms with van der Waals surface area (Å²) in [6.07, 6.45) is 8.75. The molecule has 2 fully saturated rings. The zero-order valence-corrected chi connectivity index (χ0v) is 31.9. The minimum Gasteiger partial charge on any atom is -0.385 e. The van der Waals surface area contributed by atoms with Crippen molar-refractivity contribution in [2.24, 2.45) is 0 Å². The van der Waals surface area contributed by atoms with Crippen LogP contribution in [0, 0.1) is 5.82 Å². The van der Waals surface area contributed by atoms with Crippen LogP contribution in [-0.2, 0) is 28.3 Å². The number of rotatable bonds is 12. The van der Waals surface area contributed by atoms with E-state index in [1.807, 2.05) is 36.4 Å². The number of aromatic nitrogens is 1. The number of likely N-dealkylation sites (tertiary alicyclic amines) is 2. The summed E-state index contributed by atoms with van der Waals surface area (Å²) in [5.41, 5.74) is 4.19. The first-order valence-corrected chi connectivity index (χ1v) is 20.6. The Bertz CT molecular complexity index is 2060. The Morgan fingerprint density at radius 3 is 2.36 bits per heavy atom. The van der Waals surface area contributed by atoms with E-state index in [2.05, 4.69) is 40.2 Å². The number of carbonyl (C=O) groups excluding carboxylic acids is 1. The number of H-pyrrole nitrogens is 1. The van der Waals surface area contributed by atoms with Gasteiger partial charge in [-0.1, -0.05) is 48.0 Å².